The molecule has 4 rings (SSSR count). The molecule has 2 amide bonds. The van der Waals surface area contributed by atoms with Crippen molar-refractivity contribution in [3.63, 3.8) is 0 Å². The van der Waals surface area contributed by atoms with Gasteiger partial charge < -0.3 is 10.2 Å². The zero-order chi connectivity index (χ0) is 18.6. The van der Waals surface area contributed by atoms with Crippen LogP contribution in [0, 0.1) is 0 Å². The van der Waals surface area contributed by atoms with E-state index < -0.39 is 6.04 Å². The molecule has 8 heteroatoms. The van der Waals surface area contributed by atoms with E-state index in [2.05, 4.69) is 15.5 Å². The molecule has 0 bridgehead atoms. The average Bonchev–Trinajstić information content (AvgIpc) is 3.36. The third-order valence-electron chi connectivity index (χ3n) is 4.50. The number of thioether (sulfide) groups is 1. The molecule has 0 aliphatic carbocycles. The summed E-state index contributed by atoms with van der Waals surface area (Å²) in [7, 11) is 0. The molecule has 3 aromatic rings. The van der Waals surface area contributed by atoms with Gasteiger partial charge in [0, 0.05) is 30.5 Å². The van der Waals surface area contributed by atoms with Crippen LogP contribution in [0.1, 0.15) is 16.2 Å². The lowest BCUT2D eigenvalue weighted by Gasteiger charge is -2.23. The summed E-state index contributed by atoms with van der Waals surface area (Å²) in [4.78, 5) is 26.9. The number of nitrogens with zero attached hydrogens (tertiary/aromatic N) is 4. The Balaban J connectivity index is 1.37. The standard InChI is InChI=1S/C19H19N5O2S/c25-18(20-10-9-17-22-21-16-8-4-5-11-23(16)17)15-12-27-13-24(15)19(26)14-6-2-1-3-7-14/h1-8,11,15H,9-10,12-13H2,(H,20,25). The minimum atomic E-state index is -0.446. The van der Waals surface area contributed by atoms with Crippen LogP contribution >= 0.6 is 11.8 Å². The second-order valence-corrected chi connectivity index (χ2v) is 7.24. The molecule has 1 fully saturated rings. The first-order valence-corrected chi connectivity index (χ1v) is 9.89. The molecule has 1 aliphatic rings. The van der Waals surface area contributed by atoms with Gasteiger partial charge in [0.2, 0.25) is 5.91 Å². The number of carbonyl (C=O) groups is 2. The molecule has 7 nitrogen and oxygen atoms in total. The van der Waals surface area contributed by atoms with E-state index in [1.807, 2.05) is 47.0 Å². The summed E-state index contributed by atoms with van der Waals surface area (Å²) in [5.41, 5.74) is 1.39. The SMILES string of the molecule is O=C(NCCc1nnc2ccccn12)C1CSCN1C(=O)c1ccccc1. The fourth-order valence-corrected chi connectivity index (χ4v) is 4.24. The molecule has 1 saturated heterocycles. The molecule has 1 unspecified atom stereocenters. The van der Waals surface area contributed by atoms with Gasteiger partial charge in [0.15, 0.2) is 5.65 Å². The Kier molecular flexibility index (Phi) is 5.06. The van der Waals surface area contributed by atoms with E-state index in [1.165, 1.54) is 0 Å². The van der Waals surface area contributed by atoms with Crippen LogP contribution < -0.4 is 5.32 Å². The lowest BCUT2D eigenvalue weighted by atomic mass is 10.1. The topological polar surface area (TPSA) is 79.6 Å². The lowest BCUT2D eigenvalue weighted by molar-refractivity contribution is -0.124. The van der Waals surface area contributed by atoms with E-state index in [1.54, 1.807) is 28.8 Å². The summed E-state index contributed by atoms with van der Waals surface area (Å²) < 4.78 is 1.91. The Bertz CT molecular complexity index is 959. The fourth-order valence-electron chi connectivity index (χ4n) is 3.08. The van der Waals surface area contributed by atoms with E-state index in [-0.39, 0.29) is 11.8 Å². The number of fused-ring (bicyclic) bond motifs is 1. The average molecular weight is 381 g/mol. The molecule has 0 radical (unpaired) electrons. The molecule has 27 heavy (non-hydrogen) atoms. The van der Waals surface area contributed by atoms with Gasteiger partial charge in [-0.15, -0.1) is 22.0 Å². The van der Waals surface area contributed by atoms with Crippen LogP contribution in [-0.2, 0) is 11.2 Å². The number of hydrogen-bond donors (Lipinski definition) is 1. The van der Waals surface area contributed by atoms with Crippen molar-refractivity contribution >= 4 is 29.2 Å². The smallest absolute Gasteiger partial charge is 0.255 e. The quantitative estimate of drug-likeness (QED) is 0.726. The first-order chi connectivity index (χ1) is 13.2. The molecule has 1 aliphatic heterocycles. The summed E-state index contributed by atoms with van der Waals surface area (Å²) in [6, 6.07) is 14.3. The first kappa shape index (κ1) is 17.5. The van der Waals surface area contributed by atoms with Gasteiger partial charge in [-0.25, -0.2) is 0 Å². The Morgan fingerprint density at radius 3 is 2.78 bits per heavy atom. The van der Waals surface area contributed by atoms with Gasteiger partial charge >= 0.3 is 0 Å². The van der Waals surface area contributed by atoms with Crippen LogP contribution in [0.5, 0.6) is 0 Å². The summed E-state index contributed by atoms with van der Waals surface area (Å²) in [6.07, 6.45) is 2.48. The van der Waals surface area contributed by atoms with E-state index in [0.717, 1.165) is 11.5 Å². The van der Waals surface area contributed by atoms with Crippen LogP contribution in [-0.4, -0.2) is 55.5 Å². The number of amides is 2. The van der Waals surface area contributed by atoms with E-state index in [0.29, 0.717) is 30.2 Å². The largest absolute Gasteiger partial charge is 0.354 e. The van der Waals surface area contributed by atoms with Crippen LogP contribution in [0.4, 0.5) is 0 Å². The van der Waals surface area contributed by atoms with Gasteiger partial charge in [0.25, 0.3) is 5.91 Å². The van der Waals surface area contributed by atoms with E-state index in [9.17, 15) is 9.59 Å². The number of benzene rings is 1. The maximum absolute atomic E-state index is 12.7. The summed E-state index contributed by atoms with van der Waals surface area (Å²) >= 11 is 1.59. The van der Waals surface area contributed by atoms with Crippen molar-refractivity contribution in [2.24, 2.45) is 0 Å². The van der Waals surface area contributed by atoms with Crippen LogP contribution in [0.2, 0.25) is 0 Å². The number of rotatable bonds is 5. The van der Waals surface area contributed by atoms with E-state index >= 15 is 0 Å². The molecule has 1 N–H and O–H groups in total. The highest BCUT2D eigenvalue weighted by Gasteiger charge is 2.34. The van der Waals surface area contributed by atoms with Crippen molar-refractivity contribution in [1.82, 2.24) is 24.8 Å². The van der Waals surface area contributed by atoms with Crippen molar-refractivity contribution in [3.05, 3.63) is 66.1 Å². The third-order valence-corrected chi connectivity index (χ3v) is 5.51. The molecule has 3 heterocycles. The summed E-state index contributed by atoms with van der Waals surface area (Å²) in [5, 5.41) is 11.2. The van der Waals surface area contributed by atoms with Crippen molar-refractivity contribution < 1.29 is 9.59 Å². The molecular formula is C19H19N5O2S. The second-order valence-electron chi connectivity index (χ2n) is 6.24. The van der Waals surface area contributed by atoms with Crippen molar-refractivity contribution in [3.8, 4) is 0 Å². The van der Waals surface area contributed by atoms with Crippen LogP contribution in [0.3, 0.4) is 0 Å². The second kappa shape index (κ2) is 7.79. The monoisotopic (exact) mass is 381 g/mol. The van der Waals surface area contributed by atoms with Gasteiger partial charge in [-0.2, -0.15) is 0 Å². The van der Waals surface area contributed by atoms with Crippen LogP contribution in [0.25, 0.3) is 5.65 Å². The Morgan fingerprint density at radius 1 is 1.11 bits per heavy atom. The minimum absolute atomic E-state index is 0.107. The van der Waals surface area contributed by atoms with Gasteiger partial charge in [-0.05, 0) is 24.3 Å². The predicted octanol–water partition coefficient (Wildman–Crippen LogP) is 1.60. The molecule has 2 aromatic heterocycles. The zero-order valence-electron chi connectivity index (χ0n) is 14.6. The number of aromatic nitrogens is 3. The van der Waals surface area contributed by atoms with Crippen molar-refractivity contribution in [1.29, 1.82) is 0 Å². The number of hydrogen-bond acceptors (Lipinski definition) is 5. The van der Waals surface area contributed by atoms with Gasteiger partial charge in [-0.3, -0.25) is 14.0 Å². The normalized spacial score (nSPS) is 16.6. The van der Waals surface area contributed by atoms with Crippen LogP contribution in [0.15, 0.2) is 54.7 Å². The predicted molar refractivity (Wildman–Crippen MR) is 103 cm³/mol. The molecule has 0 spiro atoms. The van der Waals surface area contributed by atoms with Gasteiger partial charge in [-0.1, -0.05) is 24.3 Å². The fraction of sp³-hybridized carbons (Fsp3) is 0.263. The summed E-state index contributed by atoms with van der Waals surface area (Å²) in [5.74, 6) is 1.70. The Labute approximate surface area is 160 Å². The maximum atomic E-state index is 12.7. The summed E-state index contributed by atoms with van der Waals surface area (Å²) in [6.45, 7) is 0.447. The molecule has 138 valence electrons. The molecule has 1 aromatic carbocycles. The number of nitrogens with one attached hydrogen (secondary N) is 1. The Hall–Kier alpha value is -2.87. The highest BCUT2D eigenvalue weighted by molar-refractivity contribution is 7.99. The third kappa shape index (κ3) is 3.66. The Morgan fingerprint density at radius 2 is 1.93 bits per heavy atom. The lowest BCUT2D eigenvalue weighted by Crippen LogP contribution is -2.47. The highest BCUT2D eigenvalue weighted by Crippen LogP contribution is 2.23. The van der Waals surface area contributed by atoms with Gasteiger partial charge in [0.05, 0.1) is 5.88 Å². The van der Waals surface area contributed by atoms with E-state index in [4.69, 9.17) is 0 Å². The minimum Gasteiger partial charge on any atom is -0.354 e. The first-order valence-electron chi connectivity index (χ1n) is 8.74. The highest BCUT2D eigenvalue weighted by atomic mass is 32.2. The molecular weight excluding hydrogens is 362 g/mol. The van der Waals surface area contributed by atoms with Crippen molar-refractivity contribution in [2.75, 3.05) is 18.2 Å². The van der Waals surface area contributed by atoms with Crippen molar-refractivity contribution in [2.45, 2.75) is 12.5 Å². The maximum Gasteiger partial charge on any atom is 0.255 e. The molecule has 1 atom stereocenters. The number of pyridine rings is 1. The zero-order valence-corrected chi connectivity index (χ0v) is 15.4. The molecule has 0 saturated carbocycles. The number of carbonyl (C=O) groups excluding carboxylic acids is 2. The van der Waals surface area contributed by atoms with Gasteiger partial charge in [0.1, 0.15) is 11.9 Å².